The monoisotopic (exact) mass is 411 g/mol. The number of para-hydroxylation sites is 2. The van der Waals surface area contributed by atoms with Crippen LogP contribution < -0.4 is 5.32 Å². The number of carbonyl (C=O) groups is 1. The summed E-state index contributed by atoms with van der Waals surface area (Å²) in [6.45, 7) is 1.91. The van der Waals surface area contributed by atoms with Gasteiger partial charge in [-0.15, -0.1) is 11.3 Å². The van der Waals surface area contributed by atoms with Crippen molar-refractivity contribution in [2.24, 2.45) is 0 Å². The van der Waals surface area contributed by atoms with Crippen LogP contribution in [0.4, 0.5) is 5.69 Å². The highest BCUT2D eigenvalue weighted by atomic mass is 32.1. The molecule has 0 aliphatic rings. The molecule has 2 heterocycles. The highest BCUT2D eigenvalue weighted by Crippen LogP contribution is 2.31. The number of hydrogen-bond acceptors (Lipinski definition) is 5. The van der Waals surface area contributed by atoms with Crippen LogP contribution in [0.3, 0.4) is 0 Å². The van der Waals surface area contributed by atoms with Gasteiger partial charge in [0.05, 0.1) is 9.88 Å². The maximum absolute atomic E-state index is 12.9. The number of hydrogen-bond donors (Lipinski definition) is 1. The van der Waals surface area contributed by atoms with Gasteiger partial charge in [-0.1, -0.05) is 42.5 Å². The van der Waals surface area contributed by atoms with Crippen molar-refractivity contribution in [2.75, 3.05) is 5.32 Å². The minimum atomic E-state index is -0.229. The van der Waals surface area contributed by atoms with Gasteiger partial charge in [-0.25, -0.2) is 9.97 Å². The lowest BCUT2D eigenvalue weighted by molar-refractivity contribution is 0.102. The van der Waals surface area contributed by atoms with Crippen molar-refractivity contribution in [1.82, 2.24) is 9.97 Å². The third-order valence-electron chi connectivity index (χ3n) is 4.67. The number of aromatic nitrogens is 2. The van der Waals surface area contributed by atoms with Crippen LogP contribution in [0.25, 0.3) is 33.0 Å². The van der Waals surface area contributed by atoms with Crippen molar-refractivity contribution >= 4 is 34.0 Å². The fraction of sp³-hybridized carbons (Fsp3) is 0.0417. The van der Waals surface area contributed by atoms with Gasteiger partial charge in [0, 0.05) is 11.3 Å². The van der Waals surface area contributed by atoms with Crippen molar-refractivity contribution in [1.29, 1.82) is 0 Å². The zero-order valence-electron chi connectivity index (χ0n) is 16.1. The first-order chi connectivity index (χ1) is 14.7. The lowest BCUT2D eigenvalue weighted by Gasteiger charge is -2.06. The van der Waals surface area contributed by atoms with E-state index in [-0.39, 0.29) is 5.91 Å². The molecule has 1 amide bonds. The molecule has 0 fully saturated rings. The molecule has 5 nitrogen and oxygen atoms in total. The van der Waals surface area contributed by atoms with Crippen molar-refractivity contribution in [2.45, 2.75) is 6.92 Å². The Hall–Kier alpha value is -3.77. The van der Waals surface area contributed by atoms with Gasteiger partial charge in [-0.05, 0) is 48.9 Å². The van der Waals surface area contributed by atoms with Crippen molar-refractivity contribution in [3.63, 3.8) is 0 Å². The minimum Gasteiger partial charge on any atom is -0.436 e. The lowest BCUT2D eigenvalue weighted by atomic mass is 10.1. The standard InChI is InChI=1S/C24H17N3O2S/c1-15-25-21(22(30-15)16-7-3-2-4-8-16)23(28)26-18-13-11-17(12-14-18)24-27-19-9-5-6-10-20(19)29-24/h2-14H,1H3,(H,26,28). The molecule has 3 aromatic carbocycles. The molecule has 0 spiro atoms. The third kappa shape index (κ3) is 3.49. The molecule has 5 aromatic rings. The summed E-state index contributed by atoms with van der Waals surface area (Å²) in [5.41, 5.74) is 4.52. The van der Waals surface area contributed by atoms with Crippen LogP contribution in [0.5, 0.6) is 0 Å². The lowest BCUT2D eigenvalue weighted by Crippen LogP contribution is -2.13. The minimum absolute atomic E-state index is 0.229. The van der Waals surface area contributed by atoms with Gasteiger partial charge >= 0.3 is 0 Å². The maximum atomic E-state index is 12.9. The first-order valence-electron chi connectivity index (χ1n) is 9.47. The Balaban J connectivity index is 1.38. The van der Waals surface area contributed by atoms with Gasteiger partial charge in [-0.3, -0.25) is 4.79 Å². The van der Waals surface area contributed by atoms with Gasteiger partial charge in [0.15, 0.2) is 5.58 Å². The van der Waals surface area contributed by atoms with E-state index in [1.54, 1.807) is 0 Å². The first-order valence-corrected chi connectivity index (χ1v) is 10.3. The normalized spacial score (nSPS) is 11.0. The summed E-state index contributed by atoms with van der Waals surface area (Å²) in [4.78, 5) is 22.7. The van der Waals surface area contributed by atoms with Gasteiger partial charge in [0.2, 0.25) is 5.89 Å². The number of nitrogens with zero attached hydrogens (tertiary/aromatic N) is 2. The van der Waals surface area contributed by atoms with Gasteiger partial charge in [0.25, 0.3) is 5.91 Å². The van der Waals surface area contributed by atoms with E-state index in [4.69, 9.17) is 4.42 Å². The smallest absolute Gasteiger partial charge is 0.275 e. The van der Waals surface area contributed by atoms with E-state index in [9.17, 15) is 4.79 Å². The molecule has 6 heteroatoms. The molecule has 1 N–H and O–H groups in total. The van der Waals surface area contributed by atoms with Crippen LogP contribution in [0, 0.1) is 6.92 Å². The van der Waals surface area contributed by atoms with Crippen LogP contribution in [0.1, 0.15) is 15.5 Å². The SMILES string of the molecule is Cc1nc(C(=O)Nc2ccc(-c3nc4ccccc4o3)cc2)c(-c2ccccc2)s1. The van der Waals surface area contributed by atoms with Crippen LogP contribution in [-0.4, -0.2) is 15.9 Å². The number of fused-ring (bicyclic) bond motifs is 1. The number of rotatable bonds is 4. The summed E-state index contributed by atoms with van der Waals surface area (Å²) in [6, 6.07) is 24.9. The number of aryl methyl sites for hydroxylation is 1. The second-order valence-corrected chi connectivity index (χ2v) is 8.00. The predicted molar refractivity (Wildman–Crippen MR) is 120 cm³/mol. The molecule has 30 heavy (non-hydrogen) atoms. The van der Waals surface area contributed by atoms with E-state index in [0.29, 0.717) is 17.3 Å². The Morgan fingerprint density at radius 2 is 1.60 bits per heavy atom. The topological polar surface area (TPSA) is 68.0 Å². The van der Waals surface area contributed by atoms with E-state index in [0.717, 1.165) is 32.1 Å². The summed E-state index contributed by atoms with van der Waals surface area (Å²) in [6.07, 6.45) is 0. The second-order valence-electron chi connectivity index (χ2n) is 6.79. The zero-order chi connectivity index (χ0) is 20.5. The molecular weight excluding hydrogens is 394 g/mol. The third-order valence-corrected chi connectivity index (χ3v) is 5.69. The molecule has 0 bridgehead atoms. The maximum Gasteiger partial charge on any atom is 0.275 e. The average molecular weight is 411 g/mol. The Kier molecular flexibility index (Phi) is 4.61. The molecule has 0 atom stereocenters. The molecule has 0 aliphatic carbocycles. The number of anilines is 1. The van der Waals surface area contributed by atoms with E-state index in [1.807, 2.05) is 85.8 Å². The predicted octanol–water partition coefficient (Wildman–Crippen LogP) is 6.18. The Morgan fingerprint density at radius 3 is 2.37 bits per heavy atom. The largest absolute Gasteiger partial charge is 0.436 e. The second kappa shape index (κ2) is 7.57. The molecule has 2 aromatic heterocycles. The molecule has 0 unspecified atom stereocenters. The summed E-state index contributed by atoms with van der Waals surface area (Å²) >= 11 is 1.52. The van der Waals surface area contributed by atoms with Crippen molar-refractivity contribution in [3.8, 4) is 21.9 Å². The van der Waals surface area contributed by atoms with Gasteiger partial charge in [0.1, 0.15) is 11.2 Å². The number of carbonyl (C=O) groups excluding carboxylic acids is 1. The molecule has 5 rings (SSSR count). The number of oxazole rings is 1. The van der Waals surface area contributed by atoms with E-state index in [2.05, 4.69) is 15.3 Å². The van der Waals surface area contributed by atoms with Crippen LogP contribution in [0.2, 0.25) is 0 Å². The first kappa shape index (κ1) is 18.3. The Labute approximate surface area is 177 Å². The summed E-state index contributed by atoms with van der Waals surface area (Å²) < 4.78 is 5.80. The summed E-state index contributed by atoms with van der Waals surface area (Å²) in [5, 5.41) is 3.79. The van der Waals surface area contributed by atoms with Crippen LogP contribution in [0.15, 0.2) is 83.3 Å². The van der Waals surface area contributed by atoms with Crippen LogP contribution >= 0.6 is 11.3 Å². The van der Waals surface area contributed by atoms with Crippen molar-refractivity contribution < 1.29 is 9.21 Å². The number of amides is 1. The van der Waals surface area contributed by atoms with Crippen LogP contribution in [-0.2, 0) is 0 Å². The molecule has 0 saturated heterocycles. The fourth-order valence-electron chi connectivity index (χ4n) is 3.25. The Bertz CT molecular complexity index is 1310. The van der Waals surface area contributed by atoms with Crippen molar-refractivity contribution in [3.05, 3.63) is 89.6 Å². The summed E-state index contributed by atoms with van der Waals surface area (Å²) in [7, 11) is 0. The highest BCUT2D eigenvalue weighted by molar-refractivity contribution is 7.15. The average Bonchev–Trinajstić information content (AvgIpc) is 3.38. The number of nitrogens with one attached hydrogen (secondary N) is 1. The van der Waals surface area contributed by atoms with Gasteiger partial charge in [-0.2, -0.15) is 0 Å². The molecular formula is C24H17N3O2S. The van der Waals surface area contributed by atoms with E-state index in [1.165, 1.54) is 11.3 Å². The highest BCUT2D eigenvalue weighted by Gasteiger charge is 2.18. The summed E-state index contributed by atoms with van der Waals surface area (Å²) in [5.74, 6) is 0.323. The molecule has 0 aliphatic heterocycles. The molecule has 0 radical (unpaired) electrons. The fourth-order valence-corrected chi connectivity index (χ4v) is 4.17. The van der Waals surface area contributed by atoms with E-state index < -0.39 is 0 Å². The van der Waals surface area contributed by atoms with Gasteiger partial charge < -0.3 is 9.73 Å². The Morgan fingerprint density at radius 1 is 0.867 bits per heavy atom. The van der Waals surface area contributed by atoms with E-state index >= 15 is 0 Å². The number of benzene rings is 3. The number of thiazole rings is 1. The quantitative estimate of drug-likeness (QED) is 0.383. The molecule has 0 saturated carbocycles. The molecule has 146 valence electrons. The zero-order valence-corrected chi connectivity index (χ0v) is 16.9.